The molecule has 0 amide bonds. The molecule has 3 aromatic rings. The molecular weight excluding hydrogens is 604 g/mol. The Morgan fingerprint density at radius 3 is 1.26 bits per heavy atom. The molecular formula is C37H44O10. The van der Waals surface area contributed by atoms with E-state index in [4.69, 9.17) is 37.9 Å². The van der Waals surface area contributed by atoms with Crippen LogP contribution in [0.2, 0.25) is 0 Å². The second-order valence-corrected chi connectivity index (χ2v) is 9.59. The number of esters is 2. The summed E-state index contributed by atoms with van der Waals surface area (Å²) in [4.78, 5) is 25.0. The summed E-state index contributed by atoms with van der Waals surface area (Å²) in [6, 6.07) is 13.2. The van der Waals surface area contributed by atoms with E-state index >= 15 is 0 Å². The molecule has 0 fully saturated rings. The van der Waals surface area contributed by atoms with Crippen LogP contribution in [0.25, 0.3) is 0 Å². The first kappa shape index (κ1) is 36.3. The number of rotatable bonds is 19. The van der Waals surface area contributed by atoms with Crippen molar-refractivity contribution >= 4 is 11.9 Å². The number of ether oxygens (including phenoxy) is 8. The van der Waals surface area contributed by atoms with Crippen LogP contribution in [0.15, 0.2) is 67.8 Å². The topological polar surface area (TPSA) is 108 Å². The summed E-state index contributed by atoms with van der Waals surface area (Å²) in [5.74, 6) is -0.293. The van der Waals surface area contributed by atoms with Crippen molar-refractivity contribution in [2.75, 3.05) is 39.6 Å². The third-order valence-corrected chi connectivity index (χ3v) is 6.62. The van der Waals surface area contributed by atoms with Gasteiger partial charge in [0.05, 0.1) is 39.6 Å². The zero-order valence-corrected chi connectivity index (χ0v) is 28.0. The molecule has 0 bridgehead atoms. The van der Waals surface area contributed by atoms with Crippen molar-refractivity contribution in [3.63, 3.8) is 0 Å². The highest BCUT2D eigenvalue weighted by molar-refractivity contribution is 5.86. The first-order chi connectivity index (χ1) is 22.8. The summed E-state index contributed by atoms with van der Waals surface area (Å²) < 4.78 is 48.3. The summed E-state index contributed by atoms with van der Waals surface area (Å²) in [5.41, 5.74) is 2.07. The molecule has 0 radical (unpaired) electrons. The van der Waals surface area contributed by atoms with Gasteiger partial charge in [0.25, 0.3) is 0 Å². The smallest absolute Gasteiger partial charge is 0.335 e. The van der Waals surface area contributed by atoms with E-state index in [1.807, 2.05) is 71.9 Å². The lowest BCUT2D eigenvalue weighted by molar-refractivity contribution is -0.130. The molecule has 0 heterocycles. The summed E-state index contributed by atoms with van der Waals surface area (Å²) in [6.07, 6.45) is 2.12. The van der Waals surface area contributed by atoms with Gasteiger partial charge in [0.15, 0.2) is 23.0 Å². The van der Waals surface area contributed by atoms with Gasteiger partial charge in [-0.15, -0.1) is 0 Å². The zero-order valence-electron chi connectivity index (χ0n) is 28.0. The molecule has 10 heteroatoms. The van der Waals surface area contributed by atoms with E-state index in [9.17, 15) is 9.59 Å². The monoisotopic (exact) mass is 648 g/mol. The van der Waals surface area contributed by atoms with E-state index in [-0.39, 0.29) is 74.1 Å². The van der Waals surface area contributed by atoms with Gasteiger partial charge in [0, 0.05) is 29.2 Å². The molecule has 10 nitrogen and oxygen atoms in total. The van der Waals surface area contributed by atoms with Crippen molar-refractivity contribution in [2.45, 2.75) is 47.5 Å². The van der Waals surface area contributed by atoms with Crippen LogP contribution < -0.4 is 37.9 Å². The van der Waals surface area contributed by atoms with Crippen molar-refractivity contribution < 1.29 is 47.5 Å². The minimum atomic E-state index is -0.687. The first-order valence-electron chi connectivity index (χ1n) is 15.7. The molecule has 0 aromatic heterocycles. The maximum Gasteiger partial charge on any atom is 0.335 e. The highest BCUT2D eigenvalue weighted by Crippen LogP contribution is 2.56. The Balaban J connectivity index is 2.60. The molecule has 0 aliphatic carbocycles. The van der Waals surface area contributed by atoms with Crippen LogP contribution in [0.3, 0.4) is 0 Å². The highest BCUT2D eigenvalue weighted by Gasteiger charge is 2.35. The van der Waals surface area contributed by atoms with Crippen LogP contribution in [0, 0.1) is 0 Å². The fraction of sp³-hybridized carbons (Fsp3) is 0.351. The quantitative estimate of drug-likeness (QED) is 0.0563. The van der Waals surface area contributed by atoms with Gasteiger partial charge in [-0.05, 0) is 59.2 Å². The van der Waals surface area contributed by atoms with E-state index in [2.05, 4.69) is 13.2 Å². The molecule has 0 atom stereocenters. The second kappa shape index (κ2) is 18.1. The number of hydrogen-bond acceptors (Lipinski definition) is 10. The summed E-state index contributed by atoms with van der Waals surface area (Å²) in [6.45, 7) is 19.6. The third kappa shape index (κ3) is 8.58. The van der Waals surface area contributed by atoms with Gasteiger partial charge in [-0.3, -0.25) is 0 Å². The predicted octanol–water partition coefficient (Wildman–Crippen LogP) is 7.44. The number of carbonyl (C=O) groups excluding carboxylic acids is 2. The van der Waals surface area contributed by atoms with Crippen LogP contribution in [-0.4, -0.2) is 51.6 Å². The normalized spacial score (nSPS) is 10.5. The predicted molar refractivity (Wildman–Crippen MR) is 179 cm³/mol. The minimum absolute atomic E-state index is 0.0688. The molecule has 0 spiro atoms. The minimum Gasteiger partial charge on any atom is -0.490 e. The summed E-state index contributed by atoms with van der Waals surface area (Å²) in [5, 5.41) is 0. The Morgan fingerprint density at radius 2 is 0.915 bits per heavy atom. The average Bonchev–Trinajstić information content (AvgIpc) is 3.07. The van der Waals surface area contributed by atoms with Crippen molar-refractivity contribution in [2.24, 2.45) is 0 Å². The summed E-state index contributed by atoms with van der Waals surface area (Å²) >= 11 is 0. The standard InChI is InChI=1S/C37H44O10/c1-9-29(38)46-34-27(40-11-3)22-25(32(42-13-5)36(34)44-15-7)31(24-20-18-17-19-21-24)26-23-28(41-12-4)35(47-30(39)10-2)37(45-16-8)33(26)43-14-6/h9-10,17-23,31H,1-2,11-16H2,3-8H3. The first-order valence-corrected chi connectivity index (χ1v) is 15.7. The van der Waals surface area contributed by atoms with Crippen LogP contribution in [-0.2, 0) is 9.59 Å². The van der Waals surface area contributed by atoms with E-state index in [1.54, 1.807) is 12.1 Å². The lowest BCUT2D eigenvalue weighted by Gasteiger charge is -2.29. The van der Waals surface area contributed by atoms with Crippen LogP contribution in [0.5, 0.6) is 46.0 Å². The van der Waals surface area contributed by atoms with Gasteiger partial charge >= 0.3 is 11.9 Å². The van der Waals surface area contributed by atoms with E-state index < -0.39 is 17.9 Å². The lowest BCUT2D eigenvalue weighted by Crippen LogP contribution is -2.15. The number of benzene rings is 3. The van der Waals surface area contributed by atoms with Crippen molar-refractivity contribution in [3.05, 3.63) is 84.5 Å². The lowest BCUT2D eigenvalue weighted by atomic mass is 9.83. The molecule has 0 saturated heterocycles. The summed E-state index contributed by atoms with van der Waals surface area (Å²) in [7, 11) is 0. The maximum absolute atomic E-state index is 12.5. The van der Waals surface area contributed by atoms with Gasteiger partial charge in [-0.1, -0.05) is 43.5 Å². The molecule has 0 aliphatic rings. The Kier molecular flexibility index (Phi) is 14.0. The Labute approximate surface area is 276 Å². The average molecular weight is 649 g/mol. The largest absolute Gasteiger partial charge is 0.490 e. The van der Waals surface area contributed by atoms with Crippen LogP contribution in [0.1, 0.15) is 64.2 Å². The van der Waals surface area contributed by atoms with Crippen LogP contribution >= 0.6 is 0 Å². The van der Waals surface area contributed by atoms with Gasteiger partial charge in [-0.25, -0.2) is 9.59 Å². The fourth-order valence-electron chi connectivity index (χ4n) is 4.98. The molecule has 0 unspecified atom stereocenters. The Morgan fingerprint density at radius 1 is 0.553 bits per heavy atom. The van der Waals surface area contributed by atoms with Gasteiger partial charge in [0.2, 0.25) is 23.0 Å². The van der Waals surface area contributed by atoms with E-state index in [1.165, 1.54) is 0 Å². The van der Waals surface area contributed by atoms with Crippen molar-refractivity contribution in [3.8, 4) is 46.0 Å². The maximum atomic E-state index is 12.5. The molecule has 0 saturated carbocycles. The number of carbonyl (C=O) groups is 2. The molecule has 3 rings (SSSR count). The van der Waals surface area contributed by atoms with Gasteiger partial charge in [0.1, 0.15) is 0 Å². The Bertz CT molecular complexity index is 1430. The second-order valence-electron chi connectivity index (χ2n) is 9.59. The van der Waals surface area contributed by atoms with Gasteiger partial charge in [-0.2, -0.15) is 0 Å². The molecule has 252 valence electrons. The highest BCUT2D eigenvalue weighted by atomic mass is 16.6. The van der Waals surface area contributed by atoms with Gasteiger partial charge < -0.3 is 37.9 Å². The third-order valence-electron chi connectivity index (χ3n) is 6.62. The fourth-order valence-corrected chi connectivity index (χ4v) is 4.98. The molecule has 0 aliphatic heterocycles. The van der Waals surface area contributed by atoms with E-state index in [0.29, 0.717) is 22.6 Å². The van der Waals surface area contributed by atoms with Crippen LogP contribution in [0.4, 0.5) is 0 Å². The number of hydrogen-bond donors (Lipinski definition) is 0. The zero-order chi connectivity index (χ0) is 34.3. The SMILES string of the molecule is C=CC(=O)Oc1c(OCC)cc(C(c2ccccc2)c2cc(OCC)c(OC(=O)C=C)c(OCC)c2OCC)c(OCC)c1OCC. The van der Waals surface area contributed by atoms with Crippen molar-refractivity contribution in [1.29, 1.82) is 0 Å². The van der Waals surface area contributed by atoms with E-state index in [0.717, 1.165) is 17.7 Å². The molecule has 47 heavy (non-hydrogen) atoms. The molecule has 3 aromatic carbocycles. The Hall–Kier alpha value is -5.12. The molecule has 0 N–H and O–H groups in total. The van der Waals surface area contributed by atoms with Crippen molar-refractivity contribution in [1.82, 2.24) is 0 Å².